The fourth-order valence-electron chi connectivity index (χ4n) is 5.15. The Morgan fingerprint density at radius 2 is 0.615 bits per heavy atom. The van der Waals surface area contributed by atoms with E-state index in [2.05, 4.69) is 32.9 Å². The molecule has 39 heavy (non-hydrogen) atoms. The molecule has 0 aliphatic carbocycles. The maximum Gasteiger partial charge on any atom is 0.303 e. The Hall–Kier alpha value is -0.790. The van der Waals surface area contributed by atoms with Gasteiger partial charge in [-0.1, -0.05) is 193 Å². The zero-order valence-corrected chi connectivity index (χ0v) is 27.4. The maximum absolute atomic E-state index is 10.3. The summed E-state index contributed by atoms with van der Waals surface area (Å²) in [7, 11) is 0. The van der Waals surface area contributed by atoms with Gasteiger partial charge in [0.05, 0.1) is 0 Å². The van der Waals surface area contributed by atoms with Crippen LogP contribution in [0.4, 0.5) is 0 Å². The normalized spacial score (nSPS) is 11.2. The van der Waals surface area contributed by atoms with Gasteiger partial charge in [-0.25, -0.2) is 0 Å². The molecule has 0 heterocycles. The van der Waals surface area contributed by atoms with E-state index in [0.717, 1.165) is 12.8 Å². The van der Waals surface area contributed by atoms with Gasteiger partial charge in [0.15, 0.2) is 0 Å². The molecule has 0 spiro atoms. The largest absolute Gasteiger partial charge is 0.481 e. The van der Waals surface area contributed by atoms with Crippen molar-refractivity contribution >= 4 is 5.97 Å². The minimum Gasteiger partial charge on any atom is -0.481 e. The smallest absolute Gasteiger partial charge is 0.303 e. The molecule has 0 amide bonds. The summed E-state index contributed by atoms with van der Waals surface area (Å²) < 4.78 is 0. The van der Waals surface area contributed by atoms with Crippen LogP contribution in [-0.4, -0.2) is 11.1 Å². The van der Waals surface area contributed by atoms with Gasteiger partial charge in [0.1, 0.15) is 0 Å². The van der Waals surface area contributed by atoms with Crippen LogP contribution >= 0.6 is 0 Å². The first-order valence-corrected chi connectivity index (χ1v) is 18.1. The van der Waals surface area contributed by atoms with Crippen LogP contribution in [0.1, 0.15) is 220 Å². The van der Waals surface area contributed by atoms with Crippen molar-refractivity contribution in [2.45, 2.75) is 220 Å². The molecule has 0 rings (SSSR count). The van der Waals surface area contributed by atoms with E-state index >= 15 is 0 Å². The molecule has 0 saturated carbocycles. The van der Waals surface area contributed by atoms with Gasteiger partial charge in [-0.15, -0.1) is 0 Å². The molecule has 2 nitrogen and oxygen atoms in total. The highest BCUT2D eigenvalue weighted by Gasteiger charge is 1.96. The second kappa shape index (κ2) is 39.4. The average Bonchev–Trinajstić information content (AvgIpc) is 2.93. The molecule has 2 heteroatoms. The molecular weight excluding hydrogens is 476 g/mol. The first-order chi connectivity index (χ1) is 19.2. The molecule has 0 aliphatic rings. The van der Waals surface area contributed by atoms with Crippen LogP contribution < -0.4 is 0 Å². The molecule has 0 aliphatic heterocycles. The molecule has 0 fully saturated rings. The molecule has 234 valence electrons. The fraction of sp³-hybridized carbons (Fsp3) is 0.919. The molecule has 1 N–H and O–H groups in total. The summed E-state index contributed by atoms with van der Waals surface area (Å²) in [6.45, 7) is 6.84. The second-order valence-electron chi connectivity index (χ2n) is 12.0. The topological polar surface area (TPSA) is 37.3 Å². The predicted molar refractivity (Wildman–Crippen MR) is 177 cm³/mol. The van der Waals surface area contributed by atoms with Crippen molar-refractivity contribution in [2.75, 3.05) is 0 Å². The summed E-state index contributed by atoms with van der Waals surface area (Å²) in [6.07, 6.45) is 46.2. The zero-order chi connectivity index (χ0) is 28.9. The van der Waals surface area contributed by atoms with E-state index < -0.39 is 5.97 Å². The van der Waals surface area contributed by atoms with Crippen molar-refractivity contribution in [2.24, 2.45) is 0 Å². The van der Waals surface area contributed by atoms with E-state index in [1.807, 2.05) is 0 Å². The summed E-state index contributed by atoms with van der Waals surface area (Å²) in [4.78, 5) is 10.3. The lowest BCUT2D eigenvalue weighted by Gasteiger charge is -2.03. The van der Waals surface area contributed by atoms with E-state index in [9.17, 15) is 4.79 Å². The Morgan fingerprint density at radius 3 is 0.897 bits per heavy atom. The van der Waals surface area contributed by atoms with E-state index in [4.69, 9.17) is 5.11 Å². The summed E-state index contributed by atoms with van der Waals surface area (Å²) in [5, 5.41) is 8.48. The Labute approximate surface area is 247 Å². The third-order valence-corrected chi connectivity index (χ3v) is 7.86. The van der Waals surface area contributed by atoms with Crippen molar-refractivity contribution in [1.29, 1.82) is 0 Å². The average molecular weight is 551 g/mol. The number of allylic oxidation sites excluding steroid dienone is 2. The van der Waals surface area contributed by atoms with Crippen molar-refractivity contribution in [3.8, 4) is 0 Å². The van der Waals surface area contributed by atoms with Crippen LogP contribution in [-0.2, 0) is 4.79 Å². The van der Waals surface area contributed by atoms with Crippen molar-refractivity contribution in [3.05, 3.63) is 12.2 Å². The molecule has 0 radical (unpaired) electrons. The number of unbranched alkanes of at least 4 members (excludes halogenated alkanes) is 27. The number of hydrogen-bond donors (Lipinski definition) is 1. The number of rotatable bonds is 31. The monoisotopic (exact) mass is 551 g/mol. The summed E-state index contributed by atoms with van der Waals surface area (Å²) in [5.41, 5.74) is 0. The van der Waals surface area contributed by atoms with Crippen molar-refractivity contribution in [1.82, 2.24) is 0 Å². The van der Waals surface area contributed by atoms with Gasteiger partial charge in [-0.05, 0) is 32.1 Å². The van der Waals surface area contributed by atoms with Crippen molar-refractivity contribution < 1.29 is 9.90 Å². The van der Waals surface area contributed by atoms with Gasteiger partial charge in [0.25, 0.3) is 0 Å². The highest BCUT2D eigenvalue weighted by Crippen LogP contribution is 2.14. The highest BCUT2D eigenvalue weighted by atomic mass is 16.4. The minimum atomic E-state index is -0.666. The Bertz CT molecular complexity index is 438. The van der Waals surface area contributed by atoms with Crippen LogP contribution in [0.2, 0.25) is 0 Å². The molecule has 0 bridgehead atoms. The number of hydrogen-bond acceptors (Lipinski definition) is 1. The third kappa shape index (κ3) is 44.5. The van der Waals surface area contributed by atoms with Gasteiger partial charge in [-0.3, -0.25) is 4.79 Å². The molecule has 0 saturated heterocycles. The van der Waals surface area contributed by atoms with Gasteiger partial charge in [0, 0.05) is 6.42 Å². The van der Waals surface area contributed by atoms with E-state index in [1.165, 1.54) is 180 Å². The summed E-state index contributed by atoms with van der Waals surface area (Å²) >= 11 is 0. The van der Waals surface area contributed by atoms with Crippen LogP contribution in [0.5, 0.6) is 0 Å². The number of carboxylic acid groups (broad SMARTS) is 1. The van der Waals surface area contributed by atoms with Crippen molar-refractivity contribution in [3.63, 3.8) is 0 Å². The summed E-state index contributed by atoms with van der Waals surface area (Å²) in [6, 6.07) is 0. The molecular formula is C37H74O2. The quantitative estimate of drug-likeness (QED) is 0.0688. The predicted octanol–water partition coefficient (Wildman–Crippen LogP) is 13.8. The van der Waals surface area contributed by atoms with E-state index in [-0.39, 0.29) is 0 Å². The SMILES string of the molecule is CCCCCC/C=C\CCCCCCCC(=O)O.CCCCCCCCCCCCCCCCCCCCC. The van der Waals surface area contributed by atoms with Crippen LogP contribution in [0, 0.1) is 0 Å². The standard InChI is InChI=1S/C21H44.C16H30O2/c1-3-5-7-9-11-13-15-17-19-21-20-18-16-14-12-10-8-6-4-2;1-2-3-4-5-6-7-8-9-10-11-12-13-14-15-16(17)18/h3-21H2,1-2H3;7-8H,2-6,9-15H2,1H3,(H,17,18)/b;8-7-. The van der Waals surface area contributed by atoms with Crippen LogP contribution in [0.15, 0.2) is 12.2 Å². The maximum atomic E-state index is 10.3. The molecule has 0 aromatic rings. The molecule has 0 aromatic carbocycles. The molecule has 0 unspecified atom stereocenters. The van der Waals surface area contributed by atoms with Gasteiger partial charge in [-0.2, -0.15) is 0 Å². The minimum absolute atomic E-state index is 0.331. The van der Waals surface area contributed by atoms with E-state index in [0.29, 0.717) is 6.42 Å². The number of carbonyl (C=O) groups is 1. The lowest BCUT2D eigenvalue weighted by molar-refractivity contribution is -0.137. The summed E-state index contributed by atoms with van der Waals surface area (Å²) in [5.74, 6) is -0.666. The van der Waals surface area contributed by atoms with Crippen LogP contribution in [0.3, 0.4) is 0 Å². The van der Waals surface area contributed by atoms with Gasteiger partial charge in [0.2, 0.25) is 0 Å². The zero-order valence-electron chi connectivity index (χ0n) is 27.4. The van der Waals surface area contributed by atoms with Crippen LogP contribution in [0.25, 0.3) is 0 Å². The van der Waals surface area contributed by atoms with Gasteiger partial charge >= 0.3 is 5.97 Å². The first-order valence-electron chi connectivity index (χ1n) is 18.1. The second-order valence-corrected chi connectivity index (χ2v) is 12.0. The van der Waals surface area contributed by atoms with Gasteiger partial charge < -0.3 is 5.11 Å². The first kappa shape index (κ1) is 40.3. The lowest BCUT2D eigenvalue weighted by Crippen LogP contribution is -1.93. The number of aliphatic carboxylic acids is 1. The Kier molecular flexibility index (Phi) is 40.7. The highest BCUT2D eigenvalue weighted by molar-refractivity contribution is 5.66. The molecule has 0 atom stereocenters. The number of carboxylic acids is 1. The third-order valence-electron chi connectivity index (χ3n) is 7.86. The van der Waals surface area contributed by atoms with E-state index in [1.54, 1.807) is 0 Å². The fourth-order valence-corrected chi connectivity index (χ4v) is 5.15. The Balaban J connectivity index is 0. The lowest BCUT2D eigenvalue weighted by atomic mass is 10.0. The molecule has 0 aromatic heterocycles. The Morgan fingerprint density at radius 1 is 0.385 bits per heavy atom.